The van der Waals surface area contributed by atoms with Crippen molar-refractivity contribution in [2.45, 2.75) is 44.8 Å². The molecule has 0 spiro atoms. The molecule has 0 heterocycles. The van der Waals surface area contributed by atoms with Gasteiger partial charge in [0.15, 0.2) is 0 Å². The molecule has 2 aromatic rings. The first-order chi connectivity index (χ1) is 12.1. The Hall–Kier alpha value is -2.56. The molecule has 25 heavy (non-hydrogen) atoms. The summed E-state index contributed by atoms with van der Waals surface area (Å²) in [5.41, 5.74) is 1.86. The van der Waals surface area contributed by atoms with E-state index in [4.69, 9.17) is 4.74 Å². The molecule has 0 radical (unpaired) electrons. The van der Waals surface area contributed by atoms with E-state index in [-0.39, 0.29) is 24.0 Å². The second kappa shape index (κ2) is 8.01. The van der Waals surface area contributed by atoms with Gasteiger partial charge in [0.2, 0.25) is 0 Å². The lowest BCUT2D eigenvalue weighted by atomic mass is 9.93. The van der Waals surface area contributed by atoms with Crippen LogP contribution in [0.25, 0.3) is 0 Å². The highest BCUT2D eigenvalue weighted by atomic mass is 19.1. The zero-order valence-corrected chi connectivity index (χ0v) is 14.3. The molecule has 132 valence electrons. The first kappa shape index (κ1) is 17.3. The molecule has 0 aromatic heterocycles. The van der Waals surface area contributed by atoms with Crippen molar-refractivity contribution in [1.82, 2.24) is 5.32 Å². The Morgan fingerprint density at radius 3 is 2.40 bits per heavy atom. The van der Waals surface area contributed by atoms with Crippen LogP contribution in [0.4, 0.5) is 14.9 Å². The monoisotopic (exact) mass is 342 g/mol. The lowest BCUT2D eigenvalue weighted by molar-refractivity contribution is 0.141. The van der Waals surface area contributed by atoms with Crippen LogP contribution in [0.15, 0.2) is 48.5 Å². The summed E-state index contributed by atoms with van der Waals surface area (Å²) in [5, 5.41) is 5.93. The molecule has 1 aliphatic rings. The molecule has 5 heteroatoms. The quantitative estimate of drug-likeness (QED) is 0.850. The van der Waals surface area contributed by atoms with Gasteiger partial charge in [-0.2, -0.15) is 0 Å². The number of anilines is 1. The number of hydrogen-bond acceptors (Lipinski definition) is 2. The van der Waals surface area contributed by atoms with Crippen LogP contribution in [0.3, 0.4) is 0 Å². The number of aryl methyl sites for hydroxylation is 1. The number of hydrogen-bond donors (Lipinski definition) is 2. The highest BCUT2D eigenvalue weighted by molar-refractivity contribution is 5.90. The SMILES string of the molecule is Cc1ccccc1NC(=O)N[C@H]1CC[C@@H](Oc2ccc(F)cc2)CC1. The van der Waals surface area contributed by atoms with Gasteiger partial charge in [-0.05, 0) is 68.5 Å². The van der Waals surface area contributed by atoms with Crippen LogP contribution >= 0.6 is 0 Å². The van der Waals surface area contributed by atoms with E-state index in [1.165, 1.54) is 12.1 Å². The molecule has 4 nitrogen and oxygen atoms in total. The fraction of sp³-hybridized carbons (Fsp3) is 0.350. The van der Waals surface area contributed by atoms with Crippen LogP contribution in [0.1, 0.15) is 31.2 Å². The normalized spacial score (nSPS) is 19.9. The average Bonchev–Trinajstić information content (AvgIpc) is 2.61. The fourth-order valence-corrected chi connectivity index (χ4v) is 3.09. The summed E-state index contributed by atoms with van der Waals surface area (Å²) in [6.45, 7) is 1.97. The molecular formula is C20H23FN2O2. The Kier molecular flexibility index (Phi) is 5.53. The van der Waals surface area contributed by atoms with Crippen molar-refractivity contribution in [3.63, 3.8) is 0 Å². The van der Waals surface area contributed by atoms with Crippen molar-refractivity contribution < 1.29 is 13.9 Å². The predicted octanol–water partition coefficient (Wildman–Crippen LogP) is 4.65. The summed E-state index contributed by atoms with van der Waals surface area (Å²) in [6, 6.07) is 13.8. The molecule has 2 N–H and O–H groups in total. The van der Waals surface area contributed by atoms with Crippen LogP contribution in [-0.4, -0.2) is 18.2 Å². The Bertz CT molecular complexity index is 710. The van der Waals surface area contributed by atoms with Crippen molar-refractivity contribution >= 4 is 11.7 Å². The Balaban J connectivity index is 1.43. The lowest BCUT2D eigenvalue weighted by Crippen LogP contribution is -2.41. The molecule has 0 aliphatic heterocycles. The number of rotatable bonds is 4. The van der Waals surface area contributed by atoms with Crippen LogP contribution < -0.4 is 15.4 Å². The molecule has 0 saturated heterocycles. The summed E-state index contributed by atoms with van der Waals surface area (Å²) in [4.78, 5) is 12.1. The van der Waals surface area contributed by atoms with Gasteiger partial charge in [-0.1, -0.05) is 18.2 Å². The molecule has 1 aliphatic carbocycles. The standard InChI is InChI=1S/C20H23FN2O2/c1-14-4-2-3-5-19(14)23-20(24)22-16-8-12-18(13-9-16)25-17-10-6-15(21)7-11-17/h2-7,10-11,16,18H,8-9,12-13H2,1H3,(H2,22,23,24)/t16-,18+. The zero-order chi connectivity index (χ0) is 17.6. The molecule has 0 unspecified atom stereocenters. The lowest BCUT2D eigenvalue weighted by Gasteiger charge is -2.29. The van der Waals surface area contributed by atoms with E-state index in [0.29, 0.717) is 5.75 Å². The number of nitrogens with one attached hydrogen (secondary N) is 2. The molecule has 0 atom stereocenters. The van der Waals surface area contributed by atoms with Crippen LogP contribution in [-0.2, 0) is 0 Å². The minimum absolute atomic E-state index is 0.114. The second-order valence-electron chi connectivity index (χ2n) is 6.46. The third-order valence-corrected chi connectivity index (χ3v) is 4.52. The van der Waals surface area contributed by atoms with Gasteiger partial charge < -0.3 is 15.4 Å². The van der Waals surface area contributed by atoms with Gasteiger partial charge in [0.25, 0.3) is 0 Å². The Morgan fingerprint density at radius 1 is 1.04 bits per heavy atom. The maximum Gasteiger partial charge on any atom is 0.319 e. The highest BCUT2D eigenvalue weighted by Gasteiger charge is 2.23. The summed E-state index contributed by atoms with van der Waals surface area (Å²) in [7, 11) is 0. The smallest absolute Gasteiger partial charge is 0.319 e. The molecule has 1 saturated carbocycles. The van der Waals surface area contributed by atoms with E-state index in [2.05, 4.69) is 10.6 Å². The molecular weight excluding hydrogens is 319 g/mol. The minimum Gasteiger partial charge on any atom is -0.490 e. The predicted molar refractivity (Wildman–Crippen MR) is 96.4 cm³/mol. The Morgan fingerprint density at radius 2 is 1.72 bits per heavy atom. The van der Waals surface area contributed by atoms with Gasteiger partial charge in [-0.25, -0.2) is 9.18 Å². The number of ether oxygens (including phenoxy) is 1. The maximum atomic E-state index is 12.9. The van der Waals surface area contributed by atoms with E-state index in [1.807, 2.05) is 31.2 Å². The van der Waals surface area contributed by atoms with E-state index in [9.17, 15) is 9.18 Å². The third-order valence-electron chi connectivity index (χ3n) is 4.52. The maximum absolute atomic E-state index is 12.9. The summed E-state index contributed by atoms with van der Waals surface area (Å²) in [5.74, 6) is 0.426. The number of urea groups is 1. The summed E-state index contributed by atoms with van der Waals surface area (Å²) in [6.07, 6.45) is 3.59. The van der Waals surface area contributed by atoms with Gasteiger partial charge in [0.1, 0.15) is 11.6 Å². The largest absolute Gasteiger partial charge is 0.490 e. The summed E-state index contributed by atoms with van der Waals surface area (Å²) < 4.78 is 18.8. The summed E-state index contributed by atoms with van der Waals surface area (Å²) >= 11 is 0. The van der Waals surface area contributed by atoms with Crippen molar-refractivity contribution in [3.05, 3.63) is 59.9 Å². The van der Waals surface area contributed by atoms with Crippen LogP contribution in [0, 0.1) is 12.7 Å². The zero-order valence-electron chi connectivity index (χ0n) is 14.3. The Labute approximate surface area is 147 Å². The van der Waals surface area contributed by atoms with Crippen molar-refractivity contribution in [2.75, 3.05) is 5.32 Å². The van der Waals surface area contributed by atoms with Gasteiger partial charge in [0, 0.05) is 11.7 Å². The number of amides is 2. The second-order valence-corrected chi connectivity index (χ2v) is 6.46. The van der Waals surface area contributed by atoms with Crippen molar-refractivity contribution in [1.29, 1.82) is 0 Å². The first-order valence-electron chi connectivity index (χ1n) is 8.65. The number of carbonyl (C=O) groups excluding carboxylic acids is 1. The number of benzene rings is 2. The van der Waals surface area contributed by atoms with Crippen LogP contribution in [0.2, 0.25) is 0 Å². The van der Waals surface area contributed by atoms with E-state index >= 15 is 0 Å². The van der Waals surface area contributed by atoms with Crippen LogP contribution in [0.5, 0.6) is 5.75 Å². The van der Waals surface area contributed by atoms with E-state index < -0.39 is 0 Å². The number of halogens is 1. The number of para-hydroxylation sites is 1. The number of carbonyl (C=O) groups is 1. The van der Waals surface area contributed by atoms with Crippen molar-refractivity contribution in [3.8, 4) is 5.75 Å². The molecule has 0 bridgehead atoms. The van der Waals surface area contributed by atoms with E-state index in [1.54, 1.807) is 12.1 Å². The fourth-order valence-electron chi connectivity index (χ4n) is 3.09. The minimum atomic E-state index is -0.264. The molecule has 2 amide bonds. The van der Waals surface area contributed by atoms with Crippen molar-refractivity contribution in [2.24, 2.45) is 0 Å². The third kappa shape index (κ3) is 4.95. The van der Waals surface area contributed by atoms with Gasteiger partial charge in [0.05, 0.1) is 6.10 Å². The van der Waals surface area contributed by atoms with E-state index in [0.717, 1.165) is 36.9 Å². The topological polar surface area (TPSA) is 50.4 Å². The molecule has 2 aromatic carbocycles. The van der Waals surface area contributed by atoms with Gasteiger partial charge in [-0.3, -0.25) is 0 Å². The van der Waals surface area contributed by atoms with Gasteiger partial charge in [-0.15, -0.1) is 0 Å². The molecule has 1 fully saturated rings. The van der Waals surface area contributed by atoms with Gasteiger partial charge >= 0.3 is 6.03 Å². The highest BCUT2D eigenvalue weighted by Crippen LogP contribution is 2.24. The molecule has 3 rings (SSSR count). The average molecular weight is 342 g/mol. The first-order valence-corrected chi connectivity index (χ1v) is 8.65.